The second-order valence-electron chi connectivity index (χ2n) is 5.40. The van der Waals surface area contributed by atoms with E-state index in [-0.39, 0.29) is 23.1 Å². The molecule has 0 saturated heterocycles. The van der Waals surface area contributed by atoms with Crippen molar-refractivity contribution in [3.05, 3.63) is 17.7 Å². The summed E-state index contributed by atoms with van der Waals surface area (Å²) in [6.07, 6.45) is -4.42. The lowest BCUT2D eigenvalue weighted by Gasteiger charge is -2.28. The van der Waals surface area contributed by atoms with E-state index in [9.17, 15) is 13.2 Å². The molecule has 102 valence electrons. The molecule has 1 atom stereocenters. The Balaban J connectivity index is 3.01. The maximum Gasteiger partial charge on any atom is 0.416 e. The van der Waals surface area contributed by atoms with Crippen LogP contribution in [0.15, 0.2) is 12.1 Å². The SMILES string of the molecule is CC(Nc1cc(C(F)(F)F)cc(N)n1)C(C)(C)C. The fourth-order valence-corrected chi connectivity index (χ4v) is 1.23. The number of hydrogen-bond acceptors (Lipinski definition) is 3. The van der Waals surface area contributed by atoms with Crippen LogP contribution in [-0.4, -0.2) is 11.0 Å². The van der Waals surface area contributed by atoms with Gasteiger partial charge in [0.1, 0.15) is 11.6 Å². The summed E-state index contributed by atoms with van der Waals surface area (Å²) in [5, 5.41) is 2.94. The van der Waals surface area contributed by atoms with E-state index in [1.807, 2.05) is 27.7 Å². The third kappa shape index (κ3) is 3.78. The zero-order valence-corrected chi connectivity index (χ0v) is 10.9. The number of nitrogen functional groups attached to an aromatic ring is 1. The molecule has 3 N–H and O–H groups in total. The van der Waals surface area contributed by atoms with E-state index in [1.54, 1.807) is 0 Å². The van der Waals surface area contributed by atoms with E-state index in [0.29, 0.717) is 0 Å². The lowest BCUT2D eigenvalue weighted by Crippen LogP contribution is -2.31. The van der Waals surface area contributed by atoms with E-state index in [2.05, 4.69) is 10.3 Å². The summed E-state index contributed by atoms with van der Waals surface area (Å²) in [7, 11) is 0. The van der Waals surface area contributed by atoms with Crippen molar-refractivity contribution in [2.45, 2.75) is 39.9 Å². The summed E-state index contributed by atoms with van der Waals surface area (Å²) in [6, 6.07) is 1.76. The first-order valence-corrected chi connectivity index (χ1v) is 5.61. The molecule has 1 unspecified atom stereocenters. The molecule has 0 saturated carbocycles. The number of nitrogens with one attached hydrogen (secondary N) is 1. The van der Waals surface area contributed by atoms with Crippen molar-refractivity contribution in [1.82, 2.24) is 4.98 Å². The zero-order valence-electron chi connectivity index (χ0n) is 10.9. The predicted octanol–water partition coefficient (Wildman–Crippen LogP) is 3.53. The number of hydrogen-bond donors (Lipinski definition) is 2. The van der Waals surface area contributed by atoms with Crippen LogP contribution in [0.25, 0.3) is 0 Å². The van der Waals surface area contributed by atoms with Crippen molar-refractivity contribution < 1.29 is 13.2 Å². The molecule has 0 aliphatic rings. The lowest BCUT2D eigenvalue weighted by molar-refractivity contribution is -0.137. The molecule has 0 fully saturated rings. The minimum atomic E-state index is -4.42. The van der Waals surface area contributed by atoms with E-state index in [0.717, 1.165) is 12.1 Å². The highest BCUT2D eigenvalue weighted by molar-refractivity contribution is 5.48. The highest BCUT2D eigenvalue weighted by Crippen LogP contribution is 2.32. The number of anilines is 2. The Morgan fingerprint density at radius 2 is 1.78 bits per heavy atom. The summed E-state index contributed by atoms with van der Waals surface area (Å²) >= 11 is 0. The fraction of sp³-hybridized carbons (Fsp3) is 0.583. The normalized spacial score (nSPS) is 14.4. The van der Waals surface area contributed by atoms with Gasteiger partial charge in [0.15, 0.2) is 0 Å². The first kappa shape index (κ1) is 14.6. The lowest BCUT2D eigenvalue weighted by atomic mass is 9.88. The van der Waals surface area contributed by atoms with Crippen LogP contribution < -0.4 is 11.1 Å². The molecule has 18 heavy (non-hydrogen) atoms. The van der Waals surface area contributed by atoms with Crippen molar-refractivity contribution in [1.29, 1.82) is 0 Å². The molecule has 0 spiro atoms. The van der Waals surface area contributed by atoms with E-state index in [4.69, 9.17) is 5.73 Å². The molecule has 0 aromatic carbocycles. The highest BCUT2D eigenvalue weighted by Gasteiger charge is 2.32. The number of halogens is 3. The number of nitrogens with zero attached hydrogens (tertiary/aromatic N) is 1. The van der Waals surface area contributed by atoms with Gasteiger partial charge in [-0.3, -0.25) is 0 Å². The number of aromatic nitrogens is 1. The smallest absolute Gasteiger partial charge is 0.384 e. The summed E-state index contributed by atoms with van der Waals surface area (Å²) in [6.45, 7) is 7.85. The number of nitrogens with two attached hydrogens (primary N) is 1. The average Bonchev–Trinajstić information content (AvgIpc) is 2.13. The van der Waals surface area contributed by atoms with Gasteiger partial charge in [-0.05, 0) is 24.5 Å². The number of rotatable bonds is 2. The average molecular weight is 261 g/mol. The molecular weight excluding hydrogens is 243 g/mol. The predicted molar refractivity (Wildman–Crippen MR) is 66.2 cm³/mol. The summed E-state index contributed by atoms with van der Waals surface area (Å²) < 4.78 is 37.8. The molecule has 1 aromatic rings. The topological polar surface area (TPSA) is 50.9 Å². The van der Waals surface area contributed by atoms with Gasteiger partial charge in [0.25, 0.3) is 0 Å². The fourth-order valence-electron chi connectivity index (χ4n) is 1.23. The Morgan fingerprint density at radius 3 is 2.22 bits per heavy atom. The zero-order chi connectivity index (χ0) is 14.1. The van der Waals surface area contributed by atoms with E-state index >= 15 is 0 Å². The van der Waals surface area contributed by atoms with E-state index in [1.165, 1.54) is 0 Å². The second-order valence-corrected chi connectivity index (χ2v) is 5.40. The molecule has 0 aliphatic carbocycles. The molecule has 6 heteroatoms. The van der Waals surface area contributed by atoms with Gasteiger partial charge in [-0.1, -0.05) is 20.8 Å². The molecule has 1 aromatic heterocycles. The monoisotopic (exact) mass is 261 g/mol. The van der Waals surface area contributed by atoms with Gasteiger partial charge in [-0.2, -0.15) is 13.2 Å². The quantitative estimate of drug-likeness (QED) is 0.856. The second kappa shape index (κ2) is 4.66. The molecular formula is C12H18F3N3. The van der Waals surface area contributed by atoms with Crippen molar-refractivity contribution in [3.8, 4) is 0 Å². The maximum atomic E-state index is 12.6. The summed E-state index contributed by atoms with van der Waals surface area (Å²) in [5.74, 6) is -0.00168. The van der Waals surface area contributed by atoms with Gasteiger partial charge in [-0.15, -0.1) is 0 Å². The minimum Gasteiger partial charge on any atom is -0.384 e. The Kier molecular flexibility index (Phi) is 3.78. The number of alkyl halides is 3. The first-order chi connectivity index (χ1) is 8.00. The van der Waals surface area contributed by atoms with Crippen LogP contribution in [0.1, 0.15) is 33.3 Å². The van der Waals surface area contributed by atoms with Crippen molar-refractivity contribution in [2.75, 3.05) is 11.1 Å². The Bertz CT molecular complexity index is 422. The van der Waals surface area contributed by atoms with Gasteiger partial charge in [0, 0.05) is 6.04 Å². The number of pyridine rings is 1. The molecule has 0 aliphatic heterocycles. The van der Waals surface area contributed by atoms with Gasteiger partial charge < -0.3 is 11.1 Å². The summed E-state index contributed by atoms with van der Waals surface area (Å²) in [5.41, 5.74) is 4.50. The Hall–Kier alpha value is -1.46. The van der Waals surface area contributed by atoms with Crippen LogP contribution in [0.2, 0.25) is 0 Å². The van der Waals surface area contributed by atoms with E-state index < -0.39 is 11.7 Å². The molecule has 0 bridgehead atoms. The highest BCUT2D eigenvalue weighted by atomic mass is 19.4. The molecule has 1 rings (SSSR count). The Labute approximate surface area is 105 Å². The van der Waals surface area contributed by atoms with Crippen LogP contribution in [0.3, 0.4) is 0 Å². The van der Waals surface area contributed by atoms with Crippen LogP contribution in [0.5, 0.6) is 0 Å². The molecule has 1 heterocycles. The Morgan fingerprint density at radius 1 is 1.22 bits per heavy atom. The molecule has 0 amide bonds. The van der Waals surface area contributed by atoms with Crippen LogP contribution in [-0.2, 0) is 6.18 Å². The third-order valence-corrected chi connectivity index (χ3v) is 2.84. The summed E-state index contributed by atoms with van der Waals surface area (Å²) in [4.78, 5) is 3.87. The van der Waals surface area contributed by atoms with Crippen LogP contribution >= 0.6 is 0 Å². The van der Waals surface area contributed by atoms with Gasteiger partial charge in [0.05, 0.1) is 5.56 Å². The maximum absolute atomic E-state index is 12.6. The van der Waals surface area contributed by atoms with Gasteiger partial charge in [0.2, 0.25) is 0 Å². The van der Waals surface area contributed by atoms with Crippen molar-refractivity contribution in [2.24, 2.45) is 5.41 Å². The first-order valence-electron chi connectivity index (χ1n) is 5.61. The standard InChI is InChI=1S/C12H18F3N3/c1-7(11(2,3)4)17-10-6-8(12(13,14)15)5-9(16)18-10/h5-7H,1-4H3,(H3,16,17,18). The molecule has 3 nitrogen and oxygen atoms in total. The van der Waals surface area contributed by atoms with Crippen molar-refractivity contribution in [3.63, 3.8) is 0 Å². The van der Waals surface area contributed by atoms with Gasteiger partial charge >= 0.3 is 6.18 Å². The minimum absolute atomic E-state index is 0.0344. The van der Waals surface area contributed by atoms with Crippen molar-refractivity contribution >= 4 is 11.6 Å². The largest absolute Gasteiger partial charge is 0.416 e. The van der Waals surface area contributed by atoms with Gasteiger partial charge in [-0.25, -0.2) is 4.98 Å². The van der Waals surface area contributed by atoms with Crippen LogP contribution in [0, 0.1) is 5.41 Å². The molecule has 0 radical (unpaired) electrons. The van der Waals surface area contributed by atoms with Crippen LogP contribution in [0.4, 0.5) is 24.8 Å². The third-order valence-electron chi connectivity index (χ3n) is 2.84.